The highest BCUT2D eigenvalue weighted by molar-refractivity contribution is 5.99. The van der Waals surface area contributed by atoms with E-state index >= 15 is 0 Å². The van der Waals surface area contributed by atoms with Crippen LogP contribution in [0.3, 0.4) is 0 Å². The number of methoxy groups -OCH3 is 3. The predicted octanol–water partition coefficient (Wildman–Crippen LogP) is 0.530. The summed E-state index contributed by atoms with van der Waals surface area (Å²) in [5, 5.41) is 2.54. The topological polar surface area (TPSA) is 77.1 Å². The van der Waals surface area contributed by atoms with E-state index in [0.717, 1.165) is 0 Å². The summed E-state index contributed by atoms with van der Waals surface area (Å²) in [7, 11) is 7.61. The Labute approximate surface area is 123 Å². The standard InChI is InChI=1S/C14H20N2O5/c1-16(2)11(17)8-15-14(18)9-6-7-10(19-3)13(21-5)12(9)20-4/h6-7H,8H2,1-5H3,(H,15,18). The van der Waals surface area contributed by atoms with E-state index in [1.54, 1.807) is 26.2 Å². The van der Waals surface area contributed by atoms with Crippen molar-refractivity contribution < 1.29 is 23.8 Å². The predicted molar refractivity (Wildman–Crippen MR) is 77.1 cm³/mol. The van der Waals surface area contributed by atoms with Crippen LogP contribution in [0.2, 0.25) is 0 Å². The van der Waals surface area contributed by atoms with Crippen molar-refractivity contribution in [2.24, 2.45) is 0 Å². The Balaban J connectivity index is 3.02. The lowest BCUT2D eigenvalue weighted by Gasteiger charge is -2.16. The van der Waals surface area contributed by atoms with Gasteiger partial charge in [0.1, 0.15) is 0 Å². The molecule has 21 heavy (non-hydrogen) atoms. The minimum atomic E-state index is -0.428. The number of amides is 2. The fourth-order valence-electron chi connectivity index (χ4n) is 1.69. The summed E-state index contributed by atoms with van der Waals surface area (Å²) in [6.07, 6.45) is 0. The minimum absolute atomic E-state index is 0.0939. The molecule has 0 aromatic heterocycles. The van der Waals surface area contributed by atoms with Gasteiger partial charge in [0.25, 0.3) is 5.91 Å². The largest absolute Gasteiger partial charge is 0.493 e. The highest BCUT2D eigenvalue weighted by Crippen LogP contribution is 2.39. The van der Waals surface area contributed by atoms with E-state index in [0.29, 0.717) is 11.5 Å². The van der Waals surface area contributed by atoms with Crippen molar-refractivity contribution >= 4 is 11.8 Å². The van der Waals surface area contributed by atoms with Gasteiger partial charge in [0, 0.05) is 14.1 Å². The van der Waals surface area contributed by atoms with Crippen molar-refractivity contribution in [2.75, 3.05) is 42.0 Å². The molecule has 1 aromatic carbocycles. The molecule has 0 fully saturated rings. The Morgan fingerprint density at radius 3 is 2.14 bits per heavy atom. The number of rotatable bonds is 6. The molecule has 116 valence electrons. The normalized spacial score (nSPS) is 9.76. The first-order valence-electron chi connectivity index (χ1n) is 6.23. The fraction of sp³-hybridized carbons (Fsp3) is 0.429. The molecule has 0 bridgehead atoms. The molecule has 2 amide bonds. The molecule has 7 heteroatoms. The molecule has 0 saturated carbocycles. The van der Waals surface area contributed by atoms with Crippen LogP contribution < -0.4 is 19.5 Å². The van der Waals surface area contributed by atoms with E-state index in [-0.39, 0.29) is 23.8 Å². The molecule has 0 saturated heterocycles. The van der Waals surface area contributed by atoms with Gasteiger partial charge in [-0.05, 0) is 12.1 Å². The Morgan fingerprint density at radius 1 is 1.05 bits per heavy atom. The molecule has 7 nitrogen and oxygen atoms in total. The Kier molecular flexibility index (Phi) is 5.83. The molecule has 0 aliphatic heterocycles. The van der Waals surface area contributed by atoms with Crippen LogP contribution in [0, 0.1) is 0 Å². The maximum absolute atomic E-state index is 12.2. The van der Waals surface area contributed by atoms with Gasteiger partial charge >= 0.3 is 0 Å². The molecule has 0 unspecified atom stereocenters. The van der Waals surface area contributed by atoms with Crippen LogP contribution in [0.5, 0.6) is 17.2 Å². The van der Waals surface area contributed by atoms with E-state index in [1.807, 2.05) is 0 Å². The van der Waals surface area contributed by atoms with Crippen LogP contribution in [0.4, 0.5) is 0 Å². The van der Waals surface area contributed by atoms with Gasteiger partial charge in [0.15, 0.2) is 11.5 Å². The van der Waals surface area contributed by atoms with Gasteiger partial charge in [0.2, 0.25) is 11.7 Å². The van der Waals surface area contributed by atoms with Crippen molar-refractivity contribution in [3.63, 3.8) is 0 Å². The van der Waals surface area contributed by atoms with Crippen LogP contribution in [-0.2, 0) is 4.79 Å². The average Bonchev–Trinajstić information content (AvgIpc) is 2.49. The summed E-state index contributed by atoms with van der Waals surface area (Å²) in [6, 6.07) is 3.15. The second kappa shape index (κ2) is 7.37. The van der Waals surface area contributed by atoms with Crippen LogP contribution in [0.25, 0.3) is 0 Å². The summed E-state index contributed by atoms with van der Waals surface area (Å²) in [5.41, 5.74) is 0.265. The van der Waals surface area contributed by atoms with Gasteiger partial charge in [-0.3, -0.25) is 9.59 Å². The first kappa shape index (κ1) is 16.6. The number of ether oxygens (including phenoxy) is 3. The van der Waals surface area contributed by atoms with Gasteiger partial charge in [-0.15, -0.1) is 0 Å². The molecular formula is C14H20N2O5. The fourth-order valence-corrected chi connectivity index (χ4v) is 1.69. The van der Waals surface area contributed by atoms with Gasteiger partial charge < -0.3 is 24.4 Å². The van der Waals surface area contributed by atoms with Crippen molar-refractivity contribution in [1.82, 2.24) is 10.2 Å². The first-order chi connectivity index (χ1) is 9.96. The van der Waals surface area contributed by atoms with Crippen LogP contribution in [0.15, 0.2) is 12.1 Å². The monoisotopic (exact) mass is 296 g/mol. The van der Waals surface area contributed by atoms with Gasteiger partial charge in [0.05, 0.1) is 33.4 Å². The highest BCUT2D eigenvalue weighted by atomic mass is 16.5. The Hall–Kier alpha value is -2.44. The molecule has 1 aromatic rings. The molecule has 0 spiro atoms. The second-order valence-corrected chi connectivity index (χ2v) is 4.35. The number of benzene rings is 1. The lowest BCUT2D eigenvalue weighted by molar-refractivity contribution is -0.127. The molecule has 0 aliphatic carbocycles. The Morgan fingerprint density at radius 2 is 1.67 bits per heavy atom. The zero-order chi connectivity index (χ0) is 16.0. The van der Waals surface area contributed by atoms with Crippen molar-refractivity contribution in [3.8, 4) is 17.2 Å². The number of nitrogens with one attached hydrogen (secondary N) is 1. The summed E-state index contributed by atoms with van der Waals surface area (Å²) < 4.78 is 15.6. The highest BCUT2D eigenvalue weighted by Gasteiger charge is 2.21. The van der Waals surface area contributed by atoms with Gasteiger partial charge in [-0.25, -0.2) is 0 Å². The maximum atomic E-state index is 12.2. The molecule has 0 radical (unpaired) electrons. The van der Waals surface area contributed by atoms with Crippen molar-refractivity contribution in [1.29, 1.82) is 0 Å². The van der Waals surface area contributed by atoms with Crippen LogP contribution >= 0.6 is 0 Å². The summed E-state index contributed by atoms with van der Waals surface area (Å²) >= 11 is 0. The molecule has 0 heterocycles. The number of nitrogens with zero attached hydrogens (tertiary/aromatic N) is 1. The molecule has 1 N–H and O–H groups in total. The molecular weight excluding hydrogens is 276 g/mol. The quantitative estimate of drug-likeness (QED) is 0.828. The van der Waals surface area contributed by atoms with Gasteiger partial charge in [-0.2, -0.15) is 0 Å². The van der Waals surface area contributed by atoms with E-state index in [2.05, 4.69) is 5.32 Å². The molecule has 0 aliphatic rings. The van der Waals surface area contributed by atoms with E-state index in [4.69, 9.17) is 14.2 Å². The van der Waals surface area contributed by atoms with Crippen molar-refractivity contribution in [3.05, 3.63) is 17.7 Å². The number of likely N-dealkylation sites (N-methyl/N-ethyl adjacent to an activating group) is 1. The third kappa shape index (κ3) is 3.77. The zero-order valence-corrected chi connectivity index (χ0v) is 12.9. The number of hydrogen-bond acceptors (Lipinski definition) is 5. The first-order valence-corrected chi connectivity index (χ1v) is 6.23. The summed E-state index contributed by atoms with van der Waals surface area (Å²) in [4.78, 5) is 25.0. The summed E-state index contributed by atoms with van der Waals surface area (Å²) in [6.45, 7) is -0.0939. The SMILES string of the molecule is COc1ccc(C(=O)NCC(=O)N(C)C)c(OC)c1OC. The lowest BCUT2D eigenvalue weighted by Crippen LogP contribution is -2.36. The number of hydrogen-bond donors (Lipinski definition) is 1. The maximum Gasteiger partial charge on any atom is 0.255 e. The minimum Gasteiger partial charge on any atom is -0.493 e. The van der Waals surface area contributed by atoms with E-state index < -0.39 is 5.91 Å². The number of carbonyl (C=O) groups is 2. The van der Waals surface area contributed by atoms with Crippen molar-refractivity contribution in [2.45, 2.75) is 0 Å². The Bertz CT molecular complexity index is 528. The zero-order valence-electron chi connectivity index (χ0n) is 12.9. The van der Waals surface area contributed by atoms with Crippen LogP contribution in [0.1, 0.15) is 10.4 Å². The second-order valence-electron chi connectivity index (χ2n) is 4.35. The third-order valence-corrected chi connectivity index (χ3v) is 2.85. The lowest BCUT2D eigenvalue weighted by atomic mass is 10.1. The summed E-state index contributed by atoms with van der Waals surface area (Å²) in [5.74, 6) is 0.402. The smallest absolute Gasteiger partial charge is 0.255 e. The third-order valence-electron chi connectivity index (χ3n) is 2.85. The van der Waals surface area contributed by atoms with Crippen LogP contribution in [-0.4, -0.2) is 58.7 Å². The number of carbonyl (C=O) groups excluding carboxylic acids is 2. The van der Waals surface area contributed by atoms with Gasteiger partial charge in [-0.1, -0.05) is 0 Å². The van der Waals surface area contributed by atoms with E-state index in [9.17, 15) is 9.59 Å². The average molecular weight is 296 g/mol. The van der Waals surface area contributed by atoms with E-state index in [1.165, 1.54) is 26.2 Å². The molecule has 0 atom stereocenters. The molecule has 1 rings (SSSR count).